The lowest BCUT2D eigenvalue weighted by atomic mass is 9.70. The number of aryl methyl sites for hydroxylation is 2. The van der Waals surface area contributed by atoms with Crippen molar-refractivity contribution in [3.63, 3.8) is 0 Å². The Bertz CT molecular complexity index is 3870. The van der Waals surface area contributed by atoms with Crippen molar-refractivity contribution in [2.45, 2.75) is 72.6 Å². The molecule has 344 valence electrons. The molecule has 1 spiro atoms. The summed E-state index contributed by atoms with van der Waals surface area (Å²) in [6.07, 6.45) is 2.34. The van der Waals surface area contributed by atoms with E-state index in [2.05, 4.69) is 243 Å². The van der Waals surface area contributed by atoms with Crippen LogP contribution in [0, 0.1) is 20.8 Å². The van der Waals surface area contributed by atoms with Crippen LogP contribution in [0.1, 0.15) is 91.0 Å². The van der Waals surface area contributed by atoms with E-state index in [0.29, 0.717) is 5.92 Å². The molecule has 13 rings (SSSR count). The van der Waals surface area contributed by atoms with Crippen molar-refractivity contribution >= 4 is 32.3 Å². The van der Waals surface area contributed by atoms with Gasteiger partial charge in [-0.1, -0.05) is 216 Å². The molecule has 2 aliphatic rings. The lowest BCUT2D eigenvalue weighted by Crippen LogP contribution is -2.26. The summed E-state index contributed by atoms with van der Waals surface area (Å²) in [5.74, 6) is 1.17. The molecule has 71 heavy (non-hydrogen) atoms. The lowest BCUT2D eigenvalue weighted by Gasteiger charge is -2.30. The number of rotatable bonds is 6. The van der Waals surface area contributed by atoms with Gasteiger partial charge in [0.1, 0.15) is 0 Å². The second-order valence-corrected chi connectivity index (χ2v) is 19.9. The summed E-state index contributed by atoms with van der Waals surface area (Å²) in [5.41, 5.74) is 22.4. The fraction of sp³-hybridized carbons (Fsp3) is 0.159. The molecule has 11 aromatic rings. The van der Waals surface area contributed by atoms with Crippen LogP contribution in [0.2, 0.25) is 0 Å². The van der Waals surface area contributed by atoms with Gasteiger partial charge in [0.2, 0.25) is 0 Å². The van der Waals surface area contributed by atoms with E-state index in [1.54, 1.807) is 0 Å². The summed E-state index contributed by atoms with van der Waals surface area (Å²) in [4.78, 5) is 11.0. The molecular weight excluding hydrogens is 857 g/mol. The quantitative estimate of drug-likeness (QED) is 0.155. The Balaban J connectivity index is 0.00000168. The van der Waals surface area contributed by atoms with E-state index in [4.69, 9.17) is 9.97 Å². The molecule has 2 heteroatoms. The zero-order valence-corrected chi connectivity index (χ0v) is 41.9. The molecule has 0 aliphatic heterocycles. The van der Waals surface area contributed by atoms with Crippen molar-refractivity contribution < 1.29 is 0 Å². The molecule has 2 aliphatic carbocycles. The first kappa shape index (κ1) is 44.3. The highest BCUT2D eigenvalue weighted by molar-refractivity contribution is 6.27. The van der Waals surface area contributed by atoms with Gasteiger partial charge in [-0.15, -0.1) is 0 Å². The summed E-state index contributed by atoms with van der Waals surface area (Å²) in [6, 6.07) is 72.5. The minimum atomic E-state index is -0.557. The normalized spacial score (nSPS) is 13.2. The summed E-state index contributed by atoms with van der Waals surface area (Å²) in [7, 11) is 0. The Kier molecular flexibility index (Phi) is 10.9. The van der Waals surface area contributed by atoms with E-state index in [9.17, 15) is 0 Å². The Morgan fingerprint density at radius 2 is 0.986 bits per heavy atom. The Morgan fingerprint density at radius 3 is 1.70 bits per heavy atom. The predicted molar refractivity (Wildman–Crippen MR) is 301 cm³/mol. The third kappa shape index (κ3) is 6.68. The third-order valence-corrected chi connectivity index (χ3v) is 15.6. The molecule has 2 nitrogen and oxygen atoms in total. The molecule has 0 saturated carbocycles. The number of hydrogen-bond acceptors (Lipinski definition) is 2. The summed E-state index contributed by atoms with van der Waals surface area (Å²) in [6.45, 7) is 15.5. The van der Waals surface area contributed by atoms with Crippen molar-refractivity contribution in [3.05, 3.63) is 239 Å². The molecule has 0 saturated heterocycles. The fourth-order valence-electron chi connectivity index (χ4n) is 12.3. The van der Waals surface area contributed by atoms with E-state index in [-0.39, 0.29) is 0 Å². The monoisotopic (exact) mass is 914 g/mol. The zero-order chi connectivity index (χ0) is 48.5. The smallest absolute Gasteiger partial charge is 0.160 e. The van der Waals surface area contributed by atoms with Crippen LogP contribution >= 0.6 is 0 Å². The SMILES string of the molecule is CCC.CCC(C)c1cccc2c3cc(-c4cccc5c4-c4ccc(-c6nc(-c7ccccc7)c(C)c(-c7ccccc7C)n6)cc4C54c5ccccc5-c5ccccc54)ccc3c3cccc(C)c3c12. The van der Waals surface area contributed by atoms with Crippen LogP contribution in [0.3, 0.4) is 0 Å². The molecule has 0 N–H and O–H groups in total. The van der Waals surface area contributed by atoms with E-state index in [1.165, 1.54) is 111 Å². The van der Waals surface area contributed by atoms with Gasteiger partial charge in [0, 0.05) is 22.3 Å². The molecule has 0 radical (unpaired) electrons. The number of nitrogens with zero attached hydrogens (tertiary/aromatic N) is 2. The topological polar surface area (TPSA) is 25.8 Å². The van der Waals surface area contributed by atoms with Gasteiger partial charge in [0.05, 0.1) is 16.8 Å². The van der Waals surface area contributed by atoms with Gasteiger partial charge in [-0.3, -0.25) is 0 Å². The Hall–Kier alpha value is -7.94. The van der Waals surface area contributed by atoms with Gasteiger partial charge in [-0.2, -0.15) is 0 Å². The van der Waals surface area contributed by atoms with E-state index in [1.807, 2.05) is 0 Å². The van der Waals surface area contributed by atoms with Crippen molar-refractivity contribution in [1.82, 2.24) is 9.97 Å². The van der Waals surface area contributed by atoms with Crippen LogP contribution in [0.15, 0.2) is 194 Å². The maximum atomic E-state index is 5.50. The fourth-order valence-corrected chi connectivity index (χ4v) is 12.3. The van der Waals surface area contributed by atoms with Crippen molar-refractivity contribution in [1.29, 1.82) is 0 Å². The number of benzene rings is 10. The van der Waals surface area contributed by atoms with E-state index >= 15 is 0 Å². The van der Waals surface area contributed by atoms with Crippen LogP contribution in [-0.4, -0.2) is 9.97 Å². The van der Waals surface area contributed by atoms with Crippen molar-refractivity contribution in [2.24, 2.45) is 0 Å². The highest BCUT2D eigenvalue weighted by Crippen LogP contribution is 2.64. The maximum absolute atomic E-state index is 5.50. The van der Waals surface area contributed by atoms with Crippen LogP contribution in [-0.2, 0) is 5.41 Å². The number of fused-ring (bicyclic) bond motifs is 16. The Morgan fingerprint density at radius 1 is 0.408 bits per heavy atom. The Labute approximate surface area is 418 Å². The standard InChI is InChI=1S/C66H50N2.C3H8/c1-6-39(2)46-26-17-29-53-55-37-44(33-35-49(55)52-28-16-20-41(4)60(52)62(46)53)48-27-18-32-58-61(48)54-36-34-45(38-59(54)66(58)56-30-14-12-24-50(56)51-25-13-15-31-57(51)66)65-67-63(43-21-8-7-9-22-43)42(5)64(68-65)47-23-11-10-19-40(47)3;1-3-2/h7-39H,6H2,1-5H3;3H2,1-2H3. The van der Waals surface area contributed by atoms with E-state index in [0.717, 1.165) is 45.9 Å². The molecule has 0 amide bonds. The first-order valence-electron chi connectivity index (χ1n) is 25.6. The minimum Gasteiger partial charge on any atom is -0.228 e. The van der Waals surface area contributed by atoms with Crippen LogP contribution in [0.5, 0.6) is 0 Å². The maximum Gasteiger partial charge on any atom is 0.160 e. The second-order valence-electron chi connectivity index (χ2n) is 19.9. The van der Waals surface area contributed by atoms with E-state index < -0.39 is 5.41 Å². The van der Waals surface area contributed by atoms with Crippen LogP contribution < -0.4 is 0 Å². The van der Waals surface area contributed by atoms with Gasteiger partial charge < -0.3 is 0 Å². The summed E-state index contributed by atoms with van der Waals surface area (Å²) in [5, 5.41) is 8.02. The zero-order valence-electron chi connectivity index (χ0n) is 41.9. The summed E-state index contributed by atoms with van der Waals surface area (Å²) >= 11 is 0. The lowest BCUT2D eigenvalue weighted by molar-refractivity contribution is 0.740. The number of hydrogen-bond donors (Lipinski definition) is 0. The largest absolute Gasteiger partial charge is 0.228 e. The van der Waals surface area contributed by atoms with Gasteiger partial charge in [-0.25, -0.2) is 9.97 Å². The summed E-state index contributed by atoms with van der Waals surface area (Å²) < 4.78 is 0. The first-order chi connectivity index (χ1) is 34.8. The molecule has 0 bridgehead atoms. The van der Waals surface area contributed by atoms with Gasteiger partial charge in [0.15, 0.2) is 5.82 Å². The molecule has 1 atom stereocenters. The average molecular weight is 915 g/mol. The third-order valence-electron chi connectivity index (χ3n) is 15.6. The second kappa shape index (κ2) is 17.5. The minimum absolute atomic E-state index is 0.443. The highest BCUT2D eigenvalue weighted by Gasteiger charge is 2.52. The van der Waals surface area contributed by atoms with Crippen LogP contribution in [0.4, 0.5) is 0 Å². The molecule has 0 fully saturated rings. The highest BCUT2D eigenvalue weighted by atomic mass is 14.9. The molecule has 1 aromatic heterocycles. The van der Waals surface area contributed by atoms with Gasteiger partial charge >= 0.3 is 0 Å². The average Bonchev–Trinajstić information content (AvgIpc) is 3.88. The van der Waals surface area contributed by atoms with Gasteiger partial charge in [-0.05, 0) is 150 Å². The van der Waals surface area contributed by atoms with Crippen molar-refractivity contribution in [2.75, 3.05) is 0 Å². The van der Waals surface area contributed by atoms with Gasteiger partial charge in [0.25, 0.3) is 0 Å². The van der Waals surface area contributed by atoms with Crippen LogP contribution in [0.25, 0.3) is 99.6 Å². The predicted octanol–water partition coefficient (Wildman–Crippen LogP) is 18.8. The number of aromatic nitrogens is 2. The molecule has 1 unspecified atom stereocenters. The molecular formula is C69H58N2. The van der Waals surface area contributed by atoms with Crippen molar-refractivity contribution in [3.8, 4) is 67.3 Å². The molecule has 10 aromatic carbocycles. The first-order valence-corrected chi connectivity index (χ1v) is 25.6. The molecule has 1 heterocycles.